The lowest BCUT2D eigenvalue weighted by atomic mass is 10.2. The van der Waals surface area contributed by atoms with Crippen molar-refractivity contribution in [1.82, 2.24) is 20.4 Å². The first kappa shape index (κ1) is 15.9. The molecule has 24 heavy (non-hydrogen) atoms. The summed E-state index contributed by atoms with van der Waals surface area (Å²) in [6.45, 7) is 0. The number of nitrogens with one attached hydrogen (secondary N) is 1. The predicted octanol–water partition coefficient (Wildman–Crippen LogP) is 1.30. The monoisotopic (exact) mass is 345 g/mol. The number of nitro groups is 1. The molecule has 0 radical (unpaired) electrons. The van der Waals surface area contributed by atoms with Crippen LogP contribution in [0.2, 0.25) is 0 Å². The molecule has 2 heterocycles. The van der Waals surface area contributed by atoms with Gasteiger partial charge in [-0.2, -0.15) is 0 Å². The van der Waals surface area contributed by atoms with Crippen molar-refractivity contribution < 1.29 is 14.5 Å². The highest BCUT2D eigenvalue weighted by atomic mass is 32.2. The molecule has 1 saturated heterocycles. The molecule has 1 aliphatic heterocycles. The van der Waals surface area contributed by atoms with Crippen LogP contribution in [0.15, 0.2) is 42.9 Å². The minimum atomic E-state index is -0.550. The first-order valence-corrected chi connectivity index (χ1v) is 7.86. The third kappa shape index (κ3) is 3.18. The van der Waals surface area contributed by atoms with Crippen molar-refractivity contribution in [2.75, 3.05) is 5.75 Å². The molecule has 0 unspecified atom stereocenters. The van der Waals surface area contributed by atoms with Gasteiger partial charge >= 0.3 is 0 Å². The zero-order chi connectivity index (χ0) is 17.1. The van der Waals surface area contributed by atoms with E-state index in [-0.39, 0.29) is 23.0 Å². The first-order valence-electron chi connectivity index (χ1n) is 6.81. The van der Waals surface area contributed by atoms with Crippen LogP contribution < -0.4 is 5.43 Å². The molecule has 1 atom stereocenters. The number of amides is 2. The van der Waals surface area contributed by atoms with Gasteiger partial charge in [0.05, 0.1) is 16.9 Å². The second-order valence-electron chi connectivity index (χ2n) is 4.81. The molecular weight excluding hydrogens is 334 g/mol. The van der Waals surface area contributed by atoms with Crippen LogP contribution in [0.3, 0.4) is 0 Å². The molecule has 0 bridgehead atoms. The summed E-state index contributed by atoms with van der Waals surface area (Å²) in [7, 11) is 0. The molecule has 1 N–H and O–H groups in total. The highest BCUT2D eigenvalue weighted by Gasteiger charge is 2.34. The van der Waals surface area contributed by atoms with Crippen molar-refractivity contribution in [2.45, 2.75) is 5.37 Å². The van der Waals surface area contributed by atoms with Crippen molar-refractivity contribution in [3.05, 3.63) is 64.2 Å². The summed E-state index contributed by atoms with van der Waals surface area (Å²) in [5.74, 6) is -0.617. The first-order chi connectivity index (χ1) is 11.6. The Morgan fingerprint density at radius 1 is 1.33 bits per heavy atom. The van der Waals surface area contributed by atoms with Crippen LogP contribution in [-0.2, 0) is 4.79 Å². The molecule has 2 amide bonds. The minimum absolute atomic E-state index is 0.0387. The maximum Gasteiger partial charge on any atom is 0.290 e. The van der Waals surface area contributed by atoms with Gasteiger partial charge in [0.25, 0.3) is 17.5 Å². The smallest absolute Gasteiger partial charge is 0.272 e. The molecule has 1 aromatic heterocycles. The second kappa shape index (κ2) is 6.62. The van der Waals surface area contributed by atoms with Crippen molar-refractivity contribution in [1.29, 1.82) is 0 Å². The number of hydrogen-bond acceptors (Lipinski definition) is 7. The number of nitro benzene ring substituents is 1. The van der Waals surface area contributed by atoms with E-state index in [4.69, 9.17) is 0 Å². The Kier molecular flexibility index (Phi) is 4.38. The minimum Gasteiger partial charge on any atom is -0.272 e. The molecule has 3 rings (SSSR count). The van der Waals surface area contributed by atoms with Gasteiger partial charge in [-0.1, -0.05) is 0 Å². The van der Waals surface area contributed by atoms with E-state index in [1.807, 2.05) is 0 Å². The van der Waals surface area contributed by atoms with E-state index >= 15 is 0 Å². The van der Waals surface area contributed by atoms with E-state index in [9.17, 15) is 19.7 Å². The van der Waals surface area contributed by atoms with Crippen molar-refractivity contribution in [3.63, 3.8) is 0 Å². The van der Waals surface area contributed by atoms with E-state index in [1.54, 1.807) is 12.1 Å². The Labute approximate surface area is 140 Å². The van der Waals surface area contributed by atoms with Crippen LogP contribution in [-0.4, -0.2) is 37.5 Å². The molecular formula is C14H11N5O4S. The van der Waals surface area contributed by atoms with E-state index < -0.39 is 16.2 Å². The Bertz CT molecular complexity index is 784. The van der Waals surface area contributed by atoms with E-state index in [2.05, 4.69) is 15.4 Å². The van der Waals surface area contributed by atoms with E-state index in [0.717, 1.165) is 0 Å². The fourth-order valence-electron chi connectivity index (χ4n) is 2.14. The topological polar surface area (TPSA) is 118 Å². The van der Waals surface area contributed by atoms with Gasteiger partial charge in [0.1, 0.15) is 11.1 Å². The van der Waals surface area contributed by atoms with Crippen LogP contribution >= 0.6 is 11.8 Å². The van der Waals surface area contributed by atoms with Crippen molar-refractivity contribution >= 4 is 29.3 Å². The number of hydrazine groups is 1. The van der Waals surface area contributed by atoms with Crippen molar-refractivity contribution in [2.24, 2.45) is 0 Å². The lowest BCUT2D eigenvalue weighted by Gasteiger charge is -2.24. The standard InChI is InChI=1S/C14H11N5O4S/c20-12-8-24-14(9-1-3-10(4-2-9)19(22)23)18(12)17-13(21)11-7-15-5-6-16-11/h1-7,14H,8H2,(H,17,21)/t14-/m1/s1. The largest absolute Gasteiger partial charge is 0.290 e. The summed E-state index contributed by atoms with van der Waals surface area (Å²) < 4.78 is 0. The van der Waals surface area contributed by atoms with E-state index in [1.165, 1.54) is 47.5 Å². The summed E-state index contributed by atoms with van der Waals surface area (Å²) in [6.07, 6.45) is 4.11. The number of benzene rings is 1. The zero-order valence-electron chi connectivity index (χ0n) is 12.2. The number of nitrogens with zero attached hydrogens (tertiary/aromatic N) is 4. The van der Waals surface area contributed by atoms with Crippen LogP contribution in [0.25, 0.3) is 0 Å². The van der Waals surface area contributed by atoms with Gasteiger partial charge in [-0.15, -0.1) is 11.8 Å². The van der Waals surface area contributed by atoms with Gasteiger partial charge in [-0.25, -0.2) is 9.99 Å². The number of carbonyl (C=O) groups is 2. The van der Waals surface area contributed by atoms with Crippen LogP contribution in [0.1, 0.15) is 21.4 Å². The third-order valence-electron chi connectivity index (χ3n) is 3.27. The SMILES string of the molecule is O=C(NN1C(=O)CS[C@@H]1c1ccc([N+](=O)[O-])cc1)c1cnccn1. The molecule has 1 aliphatic rings. The number of thioether (sulfide) groups is 1. The molecule has 1 aromatic carbocycles. The summed E-state index contributed by atoms with van der Waals surface area (Å²) in [4.78, 5) is 42.1. The fourth-order valence-corrected chi connectivity index (χ4v) is 3.24. The van der Waals surface area contributed by atoms with Gasteiger partial charge in [0.15, 0.2) is 0 Å². The zero-order valence-corrected chi connectivity index (χ0v) is 13.0. The van der Waals surface area contributed by atoms with Crippen LogP contribution in [0.4, 0.5) is 5.69 Å². The maximum absolute atomic E-state index is 12.2. The van der Waals surface area contributed by atoms with Crippen LogP contribution in [0.5, 0.6) is 0 Å². The number of hydrogen-bond donors (Lipinski definition) is 1. The quantitative estimate of drug-likeness (QED) is 0.655. The van der Waals surface area contributed by atoms with Gasteiger partial charge in [-0.05, 0) is 17.7 Å². The second-order valence-corrected chi connectivity index (χ2v) is 5.88. The van der Waals surface area contributed by atoms with Gasteiger partial charge in [-0.3, -0.25) is 30.1 Å². The average Bonchev–Trinajstić information content (AvgIpc) is 2.96. The highest BCUT2D eigenvalue weighted by molar-refractivity contribution is 8.00. The van der Waals surface area contributed by atoms with Crippen molar-refractivity contribution in [3.8, 4) is 0 Å². The number of carbonyl (C=O) groups excluding carboxylic acids is 2. The molecule has 9 nitrogen and oxygen atoms in total. The number of rotatable bonds is 4. The maximum atomic E-state index is 12.2. The summed E-state index contributed by atoms with van der Waals surface area (Å²) in [5, 5.41) is 11.5. The third-order valence-corrected chi connectivity index (χ3v) is 4.49. The fraction of sp³-hybridized carbons (Fsp3) is 0.143. The Balaban J connectivity index is 1.79. The van der Waals surface area contributed by atoms with Gasteiger partial charge in [0, 0.05) is 24.5 Å². The van der Waals surface area contributed by atoms with Gasteiger partial charge in [0.2, 0.25) is 0 Å². The summed E-state index contributed by atoms with van der Waals surface area (Å²) in [5.41, 5.74) is 3.24. The molecule has 2 aromatic rings. The Morgan fingerprint density at radius 2 is 2.08 bits per heavy atom. The summed E-state index contributed by atoms with van der Waals surface area (Å²) in [6, 6.07) is 5.86. The Hall–Kier alpha value is -3.01. The number of non-ortho nitro benzene ring substituents is 1. The van der Waals surface area contributed by atoms with E-state index in [0.29, 0.717) is 5.56 Å². The van der Waals surface area contributed by atoms with Crippen LogP contribution in [0, 0.1) is 10.1 Å². The Morgan fingerprint density at radius 3 is 2.71 bits per heavy atom. The summed E-state index contributed by atoms with van der Waals surface area (Å²) >= 11 is 1.32. The highest BCUT2D eigenvalue weighted by Crippen LogP contribution is 2.37. The molecule has 10 heteroatoms. The molecule has 0 spiro atoms. The number of aromatic nitrogens is 2. The lowest BCUT2D eigenvalue weighted by molar-refractivity contribution is -0.384. The molecule has 1 fully saturated rings. The normalized spacial score (nSPS) is 16.9. The average molecular weight is 345 g/mol. The lowest BCUT2D eigenvalue weighted by Crippen LogP contribution is -2.44. The molecule has 0 saturated carbocycles. The predicted molar refractivity (Wildman–Crippen MR) is 84.6 cm³/mol. The molecule has 0 aliphatic carbocycles. The molecule has 122 valence electrons. The van der Waals surface area contributed by atoms with Gasteiger partial charge < -0.3 is 0 Å².